The molecule has 4 heterocycles. The second-order valence-corrected chi connectivity index (χ2v) is 39.3. The normalized spacial score (nSPS) is 12.0. The van der Waals surface area contributed by atoms with Crippen molar-refractivity contribution in [2.45, 2.75) is 19.3 Å². The molecule has 28 aromatic rings. The van der Waals surface area contributed by atoms with Crippen LogP contribution in [-0.2, 0) is 5.41 Å². The maximum absolute atomic E-state index is 6.41. The van der Waals surface area contributed by atoms with Gasteiger partial charge >= 0.3 is 0 Å². The molecule has 0 saturated carbocycles. The topological polar surface area (TPSA) is 54.1 Å². The summed E-state index contributed by atoms with van der Waals surface area (Å²) in [5, 5.41) is 14.3. The molecule has 0 atom stereocenters. The number of hydrogen-bond acceptors (Lipinski definition) is 6. The standard InChI is InChI=1S/C54H35NO2.C45H33NO.C44H30N2/c1-2-10-36(11-3-1)37-20-22-38(23-21-37)39-24-30-42(31-25-39)55(43-32-26-40(27-33-43)45-14-8-16-49-47-12-4-6-18-51(47)56-53(45)49)44-34-28-41(29-35-44)46-15-9-17-50-48-13-5-7-19-52(48)57-54(46)50;1-45(2)41-17-8-6-13-37(41)38-28-27-35(29-42(38)45)46(33-23-19-31(20-24-33)30-11-4-3-5-12-30)34-25-21-32(22-26-34)36-15-10-16-40-39-14-7-9-18-43(39)47-44(36)40;1-3-13-36(14-4-1)45(37-15-5-2-6-16-37)39-27-23-33-24-28-41-40-17-9-10-18-43(40)46(44(41)42(33)30-39)38-25-21-32(22-26-38)35-20-19-31-11-7-8-12-34(31)29-35/h1-35H;3-29H,1-2H3;1-30H. The molecule has 24 aromatic carbocycles. The van der Waals surface area contributed by atoms with E-state index in [0.29, 0.717) is 0 Å². The Kier molecular flexibility index (Phi) is 22.5. The lowest BCUT2D eigenvalue weighted by Crippen LogP contribution is -2.16. The van der Waals surface area contributed by atoms with Gasteiger partial charge in [0, 0.05) is 127 Å². The molecule has 1 aliphatic carbocycles. The lowest BCUT2D eigenvalue weighted by Gasteiger charge is -2.28. The number of benzene rings is 24. The third-order valence-electron chi connectivity index (χ3n) is 30.2. The van der Waals surface area contributed by atoms with Gasteiger partial charge in [-0.2, -0.15) is 0 Å². The van der Waals surface area contributed by atoms with Crippen LogP contribution < -0.4 is 14.7 Å². The Bertz CT molecular complexity index is 9730. The summed E-state index contributed by atoms with van der Waals surface area (Å²) in [6.45, 7) is 4.68. The lowest BCUT2D eigenvalue weighted by atomic mass is 9.82. The SMILES string of the molecule is CC1(C)c2ccccc2-c2ccc(N(c3ccc(-c4ccccc4)cc3)c3ccc(-c4cccc5c4oc4ccccc45)cc3)cc21.c1ccc(-c2ccc(-c3ccc(N(c4ccc(-c5cccc6c5oc5ccccc56)cc4)c4ccc(-c5cccc6c5oc5ccccc56)cc4)cc3)cc2)cc1.c1ccc(N(c2ccccc2)c2ccc3ccc4c5ccccc5n(-c5ccc(-c6ccc7ccccc7c6)cc5)c4c3c2)cc1. The molecule has 4 aromatic heterocycles. The number of furan rings is 3. The van der Waals surface area contributed by atoms with Crippen LogP contribution in [0.2, 0.25) is 0 Å². The Morgan fingerprint density at radius 1 is 0.173 bits per heavy atom. The molecule has 0 N–H and O–H groups in total. The van der Waals surface area contributed by atoms with Gasteiger partial charge in [-0.1, -0.05) is 420 Å². The molecule has 0 aliphatic heterocycles. The van der Waals surface area contributed by atoms with E-state index in [2.05, 4.69) is 555 Å². The molecule has 1 aliphatic rings. The van der Waals surface area contributed by atoms with Crippen LogP contribution in [-0.4, -0.2) is 4.57 Å². The smallest absolute Gasteiger partial charge is 0.143 e. The van der Waals surface area contributed by atoms with Gasteiger partial charge in [0.05, 0.1) is 11.0 Å². The van der Waals surface area contributed by atoms with Crippen LogP contribution in [0.25, 0.3) is 204 Å². The third kappa shape index (κ3) is 16.2. The van der Waals surface area contributed by atoms with Gasteiger partial charge in [-0.25, -0.2) is 0 Å². The number of hydrogen-bond donors (Lipinski definition) is 0. The van der Waals surface area contributed by atoms with Crippen molar-refractivity contribution in [2.75, 3.05) is 14.7 Å². The summed E-state index contributed by atoms with van der Waals surface area (Å²) in [6, 6.07) is 200. The number of fused-ring (bicyclic) bond motifs is 18. The minimum Gasteiger partial charge on any atom is -0.455 e. The fraction of sp³-hybridized carbons (Fsp3) is 0.0210. The minimum absolute atomic E-state index is 0.0834. The van der Waals surface area contributed by atoms with Crippen molar-refractivity contribution in [3.63, 3.8) is 0 Å². The van der Waals surface area contributed by atoms with E-state index in [1.807, 2.05) is 36.4 Å². The first-order valence-electron chi connectivity index (χ1n) is 51.4. The Morgan fingerprint density at radius 2 is 0.480 bits per heavy atom. The number of para-hydroxylation sites is 9. The Morgan fingerprint density at radius 3 is 0.953 bits per heavy atom. The number of aromatic nitrogens is 1. The summed E-state index contributed by atoms with van der Waals surface area (Å²) in [6.07, 6.45) is 0. The highest BCUT2D eigenvalue weighted by molar-refractivity contribution is 6.20. The van der Waals surface area contributed by atoms with Gasteiger partial charge in [-0.15, -0.1) is 0 Å². The predicted octanol–water partition coefficient (Wildman–Crippen LogP) is 40.5. The highest BCUT2D eigenvalue weighted by atomic mass is 16.3. The summed E-state index contributed by atoms with van der Waals surface area (Å²) in [7, 11) is 0. The first kappa shape index (κ1) is 89.3. The molecular formula is C143H98N4O3. The average Bonchev–Trinajstić information content (AvgIpc) is 1.57. The number of nitrogens with zero attached hydrogens (tertiary/aromatic N) is 4. The molecule has 7 heteroatoms. The van der Waals surface area contributed by atoms with E-state index in [1.165, 1.54) is 110 Å². The summed E-state index contributed by atoms with van der Waals surface area (Å²) in [5.41, 5.74) is 40.5. The molecule has 0 unspecified atom stereocenters. The number of rotatable bonds is 17. The Labute approximate surface area is 869 Å². The van der Waals surface area contributed by atoms with E-state index in [-0.39, 0.29) is 5.41 Å². The van der Waals surface area contributed by atoms with Crippen LogP contribution >= 0.6 is 0 Å². The molecule has 708 valence electrons. The van der Waals surface area contributed by atoms with Gasteiger partial charge in [-0.3, -0.25) is 0 Å². The van der Waals surface area contributed by atoms with Crippen LogP contribution in [0.3, 0.4) is 0 Å². The molecule has 0 fully saturated rings. The minimum atomic E-state index is -0.0834. The molecule has 0 spiro atoms. The van der Waals surface area contributed by atoms with E-state index < -0.39 is 0 Å². The van der Waals surface area contributed by atoms with Crippen molar-refractivity contribution in [1.29, 1.82) is 0 Å². The van der Waals surface area contributed by atoms with Gasteiger partial charge in [-0.05, 0) is 251 Å². The molecule has 7 nitrogen and oxygen atoms in total. The lowest BCUT2D eigenvalue weighted by molar-refractivity contribution is 0.660. The van der Waals surface area contributed by atoms with Crippen molar-refractivity contribution >= 4 is 160 Å². The van der Waals surface area contributed by atoms with Crippen LogP contribution in [0.5, 0.6) is 0 Å². The van der Waals surface area contributed by atoms with Crippen molar-refractivity contribution in [3.05, 3.63) is 569 Å². The van der Waals surface area contributed by atoms with Crippen molar-refractivity contribution in [3.8, 4) is 94.7 Å². The maximum Gasteiger partial charge on any atom is 0.143 e. The van der Waals surface area contributed by atoms with Crippen LogP contribution in [0.4, 0.5) is 51.2 Å². The van der Waals surface area contributed by atoms with Crippen LogP contribution in [0, 0.1) is 0 Å². The molecule has 0 amide bonds. The Balaban J connectivity index is 0.000000111. The summed E-state index contributed by atoms with van der Waals surface area (Å²) in [5.74, 6) is 0. The quantitative estimate of drug-likeness (QED) is 0.0906. The zero-order valence-corrected chi connectivity index (χ0v) is 82.6. The average molecular weight is 1920 g/mol. The first-order chi connectivity index (χ1) is 74.1. The fourth-order valence-electron chi connectivity index (χ4n) is 22.7. The molecule has 150 heavy (non-hydrogen) atoms. The van der Waals surface area contributed by atoms with Gasteiger partial charge in [0.2, 0.25) is 0 Å². The molecule has 0 bridgehead atoms. The van der Waals surface area contributed by atoms with Crippen molar-refractivity contribution in [2.24, 2.45) is 0 Å². The summed E-state index contributed by atoms with van der Waals surface area (Å²) >= 11 is 0. The van der Waals surface area contributed by atoms with Gasteiger partial charge in [0.15, 0.2) is 0 Å². The monoisotopic (exact) mass is 1920 g/mol. The first-order valence-corrected chi connectivity index (χ1v) is 51.4. The van der Waals surface area contributed by atoms with Gasteiger partial charge < -0.3 is 32.5 Å². The largest absolute Gasteiger partial charge is 0.455 e. The summed E-state index contributed by atoms with van der Waals surface area (Å²) < 4.78 is 21.6. The van der Waals surface area contributed by atoms with E-state index in [0.717, 1.165) is 156 Å². The van der Waals surface area contributed by atoms with Crippen molar-refractivity contribution in [1.82, 2.24) is 4.57 Å². The second kappa shape index (κ2) is 37.9. The highest BCUT2D eigenvalue weighted by Crippen LogP contribution is 2.53. The van der Waals surface area contributed by atoms with E-state index in [1.54, 1.807) is 0 Å². The van der Waals surface area contributed by atoms with Gasteiger partial charge in [0.25, 0.3) is 0 Å². The molecular weight excluding hydrogens is 1820 g/mol. The van der Waals surface area contributed by atoms with E-state index in [9.17, 15) is 0 Å². The maximum atomic E-state index is 6.41. The zero-order chi connectivity index (χ0) is 99.7. The molecule has 0 saturated heterocycles. The van der Waals surface area contributed by atoms with Crippen LogP contribution in [0.15, 0.2) is 571 Å². The van der Waals surface area contributed by atoms with Gasteiger partial charge in [0.1, 0.15) is 33.5 Å². The molecule has 0 radical (unpaired) electrons. The fourth-order valence-corrected chi connectivity index (χ4v) is 22.7. The Hall–Kier alpha value is -19.6. The highest BCUT2D eigenvalue weighted by Gasteiger charge is 2.36. The zero-order valence-electron chi connectivity index (χ0n) is 82.6. The van der Waals surface area contributed by atoms with E-state index >= 15 is 0 Å². The van der Waals surface area contributed by atoms with Crippen LogP contribution in [0.1, 0.15) is 25.0 Å². The van der Waals surface area contributed by atoms with Crippen molar-refractivity contribution < 1.29 is 13.3 Å². The second-order valence-electron chi connectivity index (χ2n) is 39.3. The molecule has 29 rings (SSSR count). The number of anilines is 9. The third-order valence-corrected chi connectivity index (χ3v) is 30.2. The van der Waals surface area contributed by atoms with E-state index in [4.69, 9.17) is 13.3 Å². The predicted molar refractivity (Wildman–Crippen MR) is 630 cm³/mol. The summed E-state index contributed by atoms with van der Waals surface area (Å²) in [4.78, 5) is 7.03.